The minimum atomic E-state index is -0.130. The van der Waals surface area contributed by atoms with Crippen LogP contribution in [0, 0.1) is 0 Å². The Bertz CT molecular complexity index is 808. The van der Waals surface area contributed by atoms with E-state index in [0.717, 1.165) is 24.2 Å². The maximum absolute atomic E-state index is 12.2. The van der Waals surface area contributed by atoms with Gasteiger partial charge in [0, 0.05) is 50.8 Å². The molecule has 3 aromatic rings. The van der Waals surface area contributed by atoms with Gasteiger partial charge in [-0.1, -0.05) is 0 Å². The number of benzene rings is 1. The van der Waals surface area contributed by atoms with Crippen LogP contribution in [0.3, 0.4) is 0 Å². The summed E-state index contributed by atoms with van der Waals surface area (Å²) in [7, 11) is 3.61. The van der Waals surface area contributed by atoms with Gasteiger partial charge in [0.2, 0.25) is 0 Å². The smallest absolute Gasteiger partial charge is 0.321 e. The first-order valence-corrected chi connectivity index (χ1v) is 8.06. The number of anilines is 1. The summed E-state index contributed by atoms with van der Waals surface area (Å²) in [5, 5.41) is 7.15. The second kappa shape index (κ2) is 7.61. The normalized spacial score (nSPS) is 10.6. The average Bonchev–Trinajstić information content (AvgIpc) is 3.27. The molecule has 0 saturated carbocycles. The molecule has 3 rings (SSSR count). The van der Waals surface area contributed by atoms with Gasteiger partial charge in [-0.2, -0.15) is 5.10 Å². The summed E-state index contributed by atoms with van der Waals surface area (Å²) < 4.78 is 3.65. The Morgan fingerprint density at radius 3 is 2.68 bits per heavy atom. The Morgan fingerprint density at radius 2 is 2.04 bits per heavy atom. The van der Waals surface area contributed by atoms with Crippen molar-refractivity contribution in [3.63, 3.8) is 0 Å². The summed E-state index contributed by atoms with van der Waals surface area (Å²) in [6.07, 6.45) is 7.96. The molecule has 0 aliphatic carbocycles. The van der Waals surface area contributed by atoms with E-state index in [1.165, 1.54) is 0 Å². The molecular weight excluding hydrogens is 318 g/mol. The minimum Gasteiger partial charge on any atom is -0.337 e. The lowest BCUT2D eigenvalue weighted by atomic mass is 10.2. The molecule has 0 spiro atoms. The first-order valence-electron chi connectivity index (χ1n) is 8.06. The van der Waals surface area contributed by atoms with Gasteiger partial charge in [-0.15, -0.1) is 0 Å². The van der Waals surface area contributed by atoms with Gasteiger partial charge < -0.3 is 14.8 Å². The third kappa shape index (κ3) is 4.43. The zero-order valence-corrected chi connectivity index (χ0v) is 14.3. The predicted molar refractivity (Wildman–Crippen MR) is 94.9 cm³/mol. The first-order chi connectivity index (χ1) is 12.1. The van der Waals surface area contributed by atoms with Crippen molar-refractivity contribution in [2.75, 3.05) is 18.9 Å². The van der Waals surface area contributed by atoms with Crippen LogP contribution in [0.1, 0.15) is 6.42 Å². The Labute approximate surface area is 146 Å². The summed E-state index contributed by atoms with van der Waals surface area (Å²) in [4.78, 5) is 22.1. The number of nitrogens with zero attached hydrogens (tertiary/aromatic N) is 6. The highest BCUT2D eigenvalue weighted by atomic mass is 16.2. The summed E-state index contributed by atoms with van der Waals surface area (Å²) in [5.41, 5.74) is 1.65. The van der Waals surface area contributed by atoms with E-state index < -0.39 is 0 Å². The van der Waals surface area contributed by atoms with Crippen molar-refractivity contribution < 1.29 is 4.79 Å². The lowest BCUT2D eigenvalue weighted by Crippen LogP contribution is -2.32. The molecule has 2 aromatic heterocycles. The number of carbonyl (C=O) groups is 1. The molecule has 130 valence electrons. The second-order valence-corrected chi connectivity index (χ2v) is 5.82. The van der Waals surface area contributed by atoms with Gasteiger partial charge in [-0.25, -0.2) is 14.8 Å². The van der Waals surface area contributed by atoms with E-state index >= 15 is 0 Å². The van der Waals surface area contributed by atoms with E-state index in [2.05, 4.69) is 20.4 Å². The van der Waals surface area contributed by atoms with Crippen LogP contribution >= 0.6 is 0 Å². The molecule has 0 bridgehead atoms. The Balaban J connectivity index is 1.50. The van der Waals surface area contributed by atoms with Gasteiger partial charge in [0.05, 0.1) is 6.33 Å². The number of carbonyl (C=O) groups excluding carboxylic acids is 1. The number of aryl methyl sites for hydroxylation is 2. The standard InChI is InChI=1S/C17H21N7O/c1-22(9-3-10-24-11-8-18-12-24)17(25)20-15-6-4-14(5-7-15)16-19-13-23(2)21-16/h4-8,11-13H,3,9-10H2,1-2H3,(H,20,25). The quantitative estimate of drug-likeness (QED) is 0.747. The fourth-order valence-electron chi connectivity index (χ4n) is 2.40. The van der Waals surface area contributed by atoms with Gasteiger partial charge in [-0.05, 0) is 30.7 Å². The monoisotopic (exact) mass is 339 g/mol. The van der Waals surface area contributed by atoms with Crippen LogP contribution in [0.5, 0.6) is 0 Å². The second-order valence-electron chi connectivity index (χ2n) is 5.82. The lowest BCUT2D eigenvalue weighted by Gasteiger charge is -2.18. The fraction of sp³-hybridized carbons (Fsp3) is 0.294. The number of aromatic nitrogens is 5. The number of amides is 2. The largest absolute Gasteiger partial charge is 0.337 e. The fourth-order valence-corrected chi connectivity index (χ4v) is 2.40. The number of rotatable bonds is 6. The highest BCUT2D eigenvalue weighted by Gasteiger charge is 2.09. The molecular formula is C17H21N7O. The van der Waals surface area contributed by atoms with Crippen molar-refractivity contribution in [1.29, 1.82) is 0 Å². The van der Waals surface area contributed by atoms with E-state index in [1.807, 2.05) is 42.1 Å². The maximum Gasteiger partial charge on any atom is 0.321 e. The summed E-state index contributed by atoms with van der Waals surface area (Å²) >= 11 is 0. The van der Waals surface area contributed by atoms with Crippen molar-refractivity contribution in [2.45, 2.75) is 13.0 Å². The van der Waals surface area contributed by atoms with Crippen LogP contribution in [0.4, 0.5) is 10.5 Å². The molecule has 0 radical (unpaired) electrons. The van der Waals surface area contributed by atoms with E-state index in [0.29, 0.717) is 12.4 Å². The number of hydrogen-bond acceptors (Lipinski definition) is 4. The molecule has 8 nitrogen and oxygen atoms in total. The molecule has 0 saturated heterocycles. The Kier molecular flexibility index (Phi) is 5.08. The van der Waals surface area contributed by atoms with Crippen LogP contribution in [0.2, 0.25) is 0 Å². The molecule has 0 unspecified atom stereocenters. The minimum absolute atomic E-state index is 0.130. The summed E-state index contributed by atoms with van der Waals surface area (Å²) in [6, 6.07) is 7.36. The molecule has 2 heterocycles. The summed E-state index contributed by atoms with van der Waals surface area (Å²) in [6.45, 7) is 1.50. The van der Waals surface area contributed by atoms with Crippen LogP contribution < -0.4 is 5.32 Å². The molecule has 2 amide bonds. The van der Waals surface area contributed by atoms with Crippen molar-refractivity contribution in [3.8, 4) is 11.4 Å². The SMILES string of the molecule is CN(CCCn1ccnc1)C(=O)Nc1ccc(-c2ncn(C)n2)cc1. The van der Waals surface area contributed by atoms with E-state index in [4.69, 9.17) is 0 Å². The number of imidazole rings is 1. The average molecular weight is 339 g/mol. The number of hydrogen-bond donors (Lipinski definition) is 1. The lowest BCUT2D eigenvalue weighted by molar-refractivity contribution is 0.221. The topological polar surface area (TPSA) is 80.9 Å². The van der Waals surface area contributed by atoms with Gasteiger partial charge in [-0.3, -0.25) is 4.68 Å². The van der Waals surface area contributed by atoms with E-state index in [9.17, 15) is 4.79 Å². The molecule has 1 aromatic carbocycles. The molecule has 0 fully saturated rings. The number of urea groups is 1. The molecule has 0 atom stereocenters. The van der Waals surface area contributed by atoms with E-state index in [-0.39, 0.29) is 6.03 Å². The zero-order valence-electron chi connectivity index (χ0n) is 14.3. The highest BCUT2D eigenvalue weighted by Crippen LogP contribution is 2.17. The highest BCUT2D eigenvalue weighted by molar-refractivity contribution is 5.89. The van der Waals surface area contributed by atoms with E-state index in [1.54, 1.807) is 35.5 Å². The Morgan fingerprint density at radius 1 is 1.24 bits per heavy atom. The van der Waals surface area contributed by atoms with Crippen molar-refractivity contribution in [1.82, 2.24) is 29.2 Å². The van der Waals surface area contributed by atoms with Gasteiger partial charge >= 0.3 is 6.03 Å². The molecule has 0 aliphatic heterocycles. The third-order valence-corrected chi connectivity index (χ3v) is 3.81. The number of nitrogens with one attached hydrogen (secondary N) is 1. The Hall–Kier alpha value is -3.16. The predicted octanol–water partition coefficient (Wildman–Crippen LogP) is 2.23. The molecule has 1 N–H and O–H groups in total. The molecule has 8 heteroatoms. The van der Waals surface area contributed by atoms with Gasteiger partial charge in [0.1, 0.15) is 6.33 Å². The van der Waals surface area contributed by atoms with Crippen LogP contribution in [-0.2, 0) is 13.6 Å². The third-order valence-electron chi connectivity index (χ3n) is 3.81. The van der Waals surface area contributed by atoms with Crippen LogP contribution in [-0.4, -0.2) is 48.8 Å². The maximum atomic E-state index is 12.2. The first kappa shape index (κ1) is 16.7. The van der Waals surface area contributed by atoms with Crippen LogP contribution in [0.15, 0.2) is 49.3 Å². The summed E-state index contributed by atoms with van der Waals surface area (Å²) in [5.74, 6) is 0.664. The van der Waals surface area contributed by atoms with Crippen molar-refractivity contribution in [2.24, 2.45) is 7.05 Å². The zero-order chi connectivity index (χ0) is 17.6. The van der Waals surface area contributed by atoms with Crippen molar-refractivity contribution >= 4 is 11.7 Å². The molecule has 25 heavy (non-hydrogen) atoms. The van der Waals surface area contributed by atoms with Crippen molar-refractivity contribution in [3.05, 3.63) is 49.3 Å². The van der Waals surface area contributed by atoms with Gasteiger partial charge in [0.25, 0.3) is 0 Å². The van der Waals surface area contributed by atoms with Gasteiger partial charge in [0.15, 0.2) is 5.82 Å². The van der Waals surface area contributed by atoms with Crippen LogP contribution in [0.25, 0.3) is 11.4 Å². The molecule has 0 aliphatic rings.